The van der Waals surface area contributed by atoms with Gasteiger partial charge in [0.2, 0.25) is 0 Å². The molecule has 0 aliphatic heterocycles. The molecular weight excluding hydrogens is 178 g/mol. The van der Waals surface area contributed by atoms with E-state index < -0.39 is 6.09 Å². The standard InChI is InChI=1S/C11H18NO2/c1-3-5-7-9-12(11(13)14)10-8-6-4-2/h7-10H,3-6H2,1-2H3. The first kappa shape index (κ1) is 12.8. The molecule has 0 atom stereocenters. The minimum Gasteiger partial charge on any atom is -0.258 e. The van der Waals surface area contributed by atoms with Crippen LogP contribution in [0.25, 0.3) is 0 Å². The van der Waals surface area contributed by atoms with E-state index in [1.165, 1.54) is 12.4 Å². The summed E-state index contributed by atoms with van der Waals surface area (Å²) < 4.78 is 0. The van der Waals surface area contributed by atoms with Crippen LogP contribution >= 0.6 is 0 Å². The Morgan fingerprint density at radius 2 is 1.50 bits per heavy atom. The Morgan fingerprint density at radius 3 is 1.79 bits per heavy atom. The number of unbranched alkanes of at least 4 members (excludes halogenated alkanes) is 2. The van der Waals surface area contributed by atoms with E-state index in [9.17, 15) is 9.90 Å². The molecule has 0 bridgehead atoms. The molecule has 0 saturated heterocycles. The van der Waals surface area contributed by atoms with Gasteiger partial charge in [-0.2, -0.15) is 0 Å². The molecule has 0 aromatic rings. The minimum atomic E-state index is -1.19. The monoisotopic (exact) mass is 196 g/mol. The minimum absolute atomic E-state index is 0.880. The van der Waals surface area contributed by atoms with Crippen LogP contribution in [0.4, 0.5) is 4.79 Å². The molecule has 0 spiro atoms. The topological polar surface area (TPSA) is 40.2 Å². The quantitative estimate of drug-likeness (QED) is 0.641. The van der Waals surface area contributed by atoms with Crippen LogP contribution < -0.4 is 0 Å². The number of hydrogen-bond donors (Lipinski definition) is 0. The van der Waals surface area contributed by atoms with Gasteiger partial charge in [0.25, 0.3) is 0 Å². The highest BCUT2D eigenvalue weighted by molar-refractivity contribution is 5.67. The second-order valence-corrected chi connectivity index (χ2v) is 3.02. The molecule has 0 heterocycles. The van der Waals surface area contributed by atoms with Gasteiger partial charge in [-0.05, 0) is 12.8 Å². The summed E-state index contributed by atoms with van der Waals surface area (Å²) in [7, 11) is 0. The number of nitrogens with zero attached hydrogens (tertiary/aromatic N) is 1. The lowest BCUT2D eigenvalue weighted by molar-refractivity contribution is 0.148. The van der Waals surface area contributed by atoms with E-state index in [4.69, 9.17) is 0 Å². The number of amides is 1. The highest BCUT2D eigenvalue weighted by Gasteiger charge is 2.04. The fourth-order valence-corrected chi connectivity index (χ4v) is 0.881. The summed E-state index contributed by atoms with van der Waals surface area (Å²) in [6.07, 6.45) is 9.31. The Labute approximate surface area is 85.7 Å². The number of hydrogen-bond acceptors (Lipinski definition) is 1. The zero-order valence-corrected chi connectivity index (χ0v) is 8.90. The van der Waals surface area contributed by atoms with Gasteiger partial charge in [-0.15, -0.1) is 0 Å². The van der Waals surface area contributed by atoms with Crippen molar-refractivity contribution in [3.63, 3.8) is 0 Å². The molecule has 3 heteroatoms. The van der Waals surface area contributed by atoms with Crippen molar-refractivity contribution >= 4 is 6.09 Å². The third kappa shape index (κ3) is 6.29. The Kier molecular flexibility index (Phi) is 7.61. The van der Waals surface area contributed by atoms with Crippen LogP contribution in [0.3, 0.4) is 0 Å². The number of carbonyl (C=O) groups is 1. The van der Waals surface area contributed by atoms with Gasteiger partial charge in [0, 0.05) is 12.4 Å². The molecule has 1 amide bonds. The van der Waals surface area contributed by atoms with E-state index in [1.54, 1.807) is 0 Å². The summed E-state index contributed by atoms with van der Waals surface area (Å²) in [6, 6.07) is 0. The van der Waals surface area contributed by atoms with Crippen molar-refractivity contribution in [2.24, 2.45) is 0 Å². The van der Waals surface area contributed by atoms with E-state index in [0.29, 0.717) is 0 Å². The van der Waals surface area contributed by atoms with Crippen molar-refractivity contribution < 1.29 is 9.90 Å². The van der Waals surface area contributed by atoms with Crippen LogP contribution in [0.15, 0.2) is 24.6 Å². The number of carbonyl (C=O) groups excluding carboxylic acids is 1. The Balaban J connectivity index is 4.08. The summed E-state index contributed by atoms with van der Waals surface area (Å²) in [5.74, 6) is 0. The molecule has 0 aromatic carbocycles. The maximum Gasteiger partial charge on any atom is 0.461 e. The van der Waals surface area contributed by atoms with Gasteiger partial charge in [0.1, 0.15) is 0 Å². The summed E-state index contributed by atoms with van der Waals surface area (Å²) in [4.78, 5) is 11.7. The van der Waals surface area contributed by atoms with Gasteiger partial charge in [0.05, 0.1) is 0 Å². The number of allylic oxidation sites excluding steroid dienone is 2. The zero-order chi connectivity index (χ0) is 10.8. The first-order valence-corrected chi connectivity index (χ1v) is 5.05. The predicted molar refractivity (Wildman–Crippen MR) is 56.0 cm³/mol. The molecule has 0 fully saturated rings. The van der Waals surface area contributed by atoms with Gasteiger partial charge >= 0.3 is 6.09 Å². The normalized spacial score (nSPS) is 11.3. The second kappa shape index (κ2) is 8.35. The largest absolute Gasteiger partial charge is 0.461 e. The lowest BCUT2D eigenvalue weighted by Gasteiger charge is -2.05. The summed E-state index contributed by atoms with van der Waals surface area (Å²) in [6.45, 7) is 4.08. The van der Waals surface area contributed by atoms with Crippen molar-refractivity contribution in [1.82, 2.24) is 4.90 Å². The zero-order valence-electron chi connectivity index (χ0n) is 8.90. The van der Waals surface area contributed by atoms with Crippen molar-refractivity contribution in [3.05, 3.63) is 24.6 Å². The predicted octanol–water partition coefficient (Wildman–Crippen LogP) is 3.47. The molecule has 0 aromatic heterocycles. The average molecular weight is 196 g/mol. The second-order valence-electron chi connectivity index (χ2n) is 3.02. The fraction of sp³-hybridized carbons (Fsp3) is 0.545. The third-order valence-electron chi connectivity index (χ3n) is 1.65. The molecule has 0 aliphatic rings. The molecule has 0 saturated carbocycles. The van der Waals surface area contributed by atoms with E-state index in [1.807, 2.05) is 26.0 Å². The van der Waals surface area contributed by atoms with Crippen LogP contribution in [0, 0.1) is 0 Å². The molecule has 0 aliphatic carbocycles. The van der Waals surface area contributed by atoms with Gasteiger partial charge in [0.15, 0.2) is 0 Å². The Morgan fingerprint density at radius 1 is 1.07 bits per heavy atom. The third-order valence-corrected chi connectivity index (χ3v) is 1.65. The van der Waals surface area contributed by atoms with E-state index >= 15 is 0 Å². The van der Waals surface area contributed by atoms with Crippen LogP contribution in [0.2, 0.25) is 0 Å². The first-order chi connectivity index (χ1) is 6.72. The molecule has 14 heavy (non-hydrogen) atoms. The molecular formula is C11H18NO2. The Hall–Kier alpha value is -1.25. The van der Waals surface area contributed by atoms with Crippen LogP contribution in [0.1, 0.15) is 39.5 Å². The van der Waals surface area contributed by atoms with E-state index in [0.717, 1.165) is 30.6 Å². The van der Waals surface area contributed by atoms with E-state index in [-0.39, 0.29) is 0 Å². The van der Waals surface area contributed by atoms with Crippen LogP contribution in [0.5, 0.6) is 0 Å². The maximum absolute atomic E-state index is 10.6. The highest BCUT2D eigenvalue weighted by atomic mass is 16.4. The summed E-state index contributed by atoms with van der Waals surface area (Å²) in [5, 5.41) is 10.6. The van der Waals surface area contributed by atoms with Crippen LogP contribution in [-0.4, -0.2) is 11.0 Å². The first-order valence-electron chi connectivity index (χ1n) is 5.05. The maximum atomic E-state index is 10.6. The smallest absolute Gasteiger partial charge is 0.258 e. The molecule has 0 N–H and O–H groups in total. The molecule has 79 valence electrons. The molecule has 1 radical (unpaired) electrons. The van der Waals surface area contributed by atoms with Gasteiger partial charge in [-0.1, -0.05) is 38.8 Å². The highest BCUT2D eigenvalue weighted by Crippen LogP contribution is 1.99. The van der Waals surface area contributed by atoms with Gasteiger partial charge in [-0.25, -0.2) is 9.90 Å². The van der Waals surface area contributed by atoms with Gasteiger partial charge < -0.3 is 0 Å². The molecule has 0 rings (SSSR count). The van der Waals surface area contributed by atoms with Crippen LogP contribution in [-0.2, 0) is 5.11 Å². The van der Waals surface area contributed by atoms with Gasteiger partial charge in [-0.3, -0.25) is 4.90 Å². The molecule has 0 unspecified atom stereocenters. The van der Waals surface area contributed by atoms with Crippen molar-refractivity contribution in [3.8, 4) is 0 Å². The average Bonchev–Trinajstić information content (AvgIpc) is 2.15. The Bertz CT molecular complexity index is 193. The lowest BCUT2D eigenvalue weighted by atomic mass is 10.3. The summed E-state index contributed by atoms with van der Waals surface area (Å²) >= 11 is 0. The fourth-order valence-electron chi connectivity index (χ4n) is 0.881. The number of rotatable bonds is 6. The van der Waals surface area contributed by atoms with Crippen molar-refractivity contribution in [2.75, 3.05) is 0 Å². The van der Waals surface area contributed by atoms with E-state index in [2.05, 4.69) is 0 Å². The molecule has 3 nitrogen and oxygen atoms in total. The van der Waals surface area contributed by atoms with Crippen molar-refractivity contribution in [2.45, 2.75) is 39.5 Å². The SMILES string of the molecule is CCCC=CN(C=CCCC)C([O])=O. The summed E-state index contributed by atoms with van der Waals surface area (Å²) in [5.41, 5.74) is 0. The lowest BCUT2D eigenvalue weighted by Crippen LogP contribution is -2.15. The van der Waals surface area contributed by atoms with Crippen molar-refractivity contribution in [1.29, 1.82) is 0 Å².